The molecule has 2 heterocycles. The SMILES string of the molecule is O=C(NCC1(C(=O)O)CCOCC1)NC1CCNCC1. The number of amides is 2. The summed E-state index contributed by atoms with van der Waals surface area (Å²) in [6.07, 6.45) is 2.70. The molecule has 2 aliphatic rings. The minimum absolute atomic E-state index is 0.155. The van der Waals surface area contributed by atoms with Crippen LogP contribution < -0.4 is 16.0 Å². The van der Waals surface area contributed by atoms with Crippen LogP contribution in [0.25, 0.3) is 0 Å². The Kier molecular flexibility index (Phi) is 5.19. The number of rotatable bonds is 4. The van der Waals surface area contributed by atoms with Gasteiger partial charge in [-0.2, -0.15) is 0 Å². The lowest BCUT2D eigenvalue weighted by atomic mass is 9.80. The Morgan fingerprint density at radius 3 is 2.50 bits per heavy atom. The molecule has 2 aliphatic heterocycles. The number of carboxylic acid groups (broad SMARTS) is 1. The maximum Gasteiger partial charge on any atom is 0.315 e. The number of aliphatic carboxylic acids is 1. The van der Waals surface area contributed by atoms with Crippen molar-refractivity contribution in [2.24, 2.45) is 5.41 Å². The van der Waals surface area contributed by atoms with Gasteiger partial charge in [-0.15, -0.1) is 0 Å². The van der Waals surface area contributed by atoms with E-state index in [9.17, 15) is 14.7 Å². The van der Waals surface area contributed by atoms with E-state index in [0.29, 0.717) is 26.1 Å². The van der Waals surface area contributed by atoms with Crippen molar-refractivity contribution in [2.45, 2.75) is 31.7 Å². The van der Waals surface area contributed by atoms with E-state index in [1.807, 2.05) is 0 Å². The van der Waals surface area contributed by atoms with Gasteiger partial charge >= 0.3 is 12.0 Å². The van der Waals surface area contributed by atoms with E-state index >= 15 is 0 Å². The van der Waals surface area contributed by atoms with Crippen molar-refractivity contribution >= 4 is 12.0 Å². The molecule has 4 N–H and O–H groups in total. The van der Waals surface area contributed by atoms with Crippen LogP contribution in [0, 0.1) is 5.41 Å². The predicted octanol–water partition coefficient (Wildman–Crippen LogP) is -0.0810. The summed E-state index contributed by atoms with van der Waals surface area (Å²) < 4.78 is 5.20. The van der Waals surface area contributed by atoms with Gasteiger partial charge in [0.05, 0.1) is 5.41 Å². The molecule has 2 saturated heterocycles. The third-order valence-electron chi connectivity index (χ3n) is 4.17. The van der Waals surface area contributed by atoms with Gasteiger partial charge in [0, 0.05) is 25.8 Å². The lowest BCUT2D eigenvalue weighted by molar-refractivity contribution is -0.154. The maximum absolute atomic E-state index is 11.9. The number of ether oxygens (including phenoxy) is 1. The second-order valence-electron chi connectivity index (χ2n) is 5.55. The summed E-state index contributed by atoms with van der Waals surface area (Å²) in [5.41, 5.74) is -0.885. The molecule has 2 fully saturated rings. The van der Waals surface area contributed by atoms with E-state index in [2.05, 4.69) is 16.0 Å². The van der Waals surface area contributed by atoms with Crippen LogP contribution in [0.5, 0.6) is 0 Å². The van der Waals surface area contributed by atoms with Crippen molar-refractivity contribution in [3.8, 4) is 0 Å². The molecular formula is C13H23N3O4. The third-order valence-corrected chi connectivity index (χ3v) is 4.17. The Morgan fingerprint density at radius 2 is 1.90 bits per heavy atom. The van der Waals surface area contributed by atoms with E-state index in [4.69, 9.17) is 4.74 Å². The van der Waals surface area contributed by atoms with Crippen molar-refractivity contribution < 1.29 is 19.4 Å². The zero-order chi connectivity index (χ0) is 14.4. The number of carbonyl (C=O) groups excluding carboxylic acids is 1. The fourth-order valence-electron chi connectivity index (χ4n) is 2.68. The monoisotopic (exact) mass is 285 g/mol. The minimum Gasteiger partial charge on any atom is -0.481 e. The van der Waals surface area contributed by atoms with Crippen LogP contribution in [-0.4, -0.2) is 56.0 Å². The molecule has 2 rings (SSSR count). The molecule has 114 valence electrons. The van der Waals surface area contributed by atoms with Crippen LogP contribution in [-0.2, 0) is 9.53 Å². The van der Waals surface area contributed by atoms with Gasteiger partial charge in [0.2, 0.25) is 0 Å². The first-order valence-electron chi connectivity index (χ1n) is 7.19. The number of carbonyl (C=O) groups is 2. The Hall–Kier alpha value is -1.34. The standard InChI is InChI=1S/C13H23N3O4/c17-11(18)13(3-7-20-8-4-13)9-15-12(19)16-10-1-5-14-6-2-10/h10,14H,1-9H2,(H,17,18)(H2,15,16,19). The van der Waals surface area contributed by atoms with Crippen LogP contribution in [0.1, 0.15) is 25.7 Å². The summed E-state index contributed by atoms with van der Waals surface area (Å²) in [7, 11) is 0. The van der Waals surface area contributed by atoms with Crippen molar-refractivity contribution in [2.75, 3.05) is 32.8 Å². The van der Waals surface area contributed by atoms with Crippen LogP contribution >= 0.6 is 0 Å². The van der Waals surface area contributed by atoms with Crippen LogP contribution in [0.3, 0.4) is 0 Å². The van der Waals surface area contributed by atoms with Gasteiger partial charge in [-0.05, 0) is 38.8 Å². The Labute approximate surface area is 118 Å². The average Bonchev–Trinajstić information content (AvgIpc) is 2.47. The number of urea groups is 1. The predicted molar refractivity (Wildman–Crippen MR) is 72.5 cm³/mol. The molecule has 0 aromatic carbocycles. The normalized spacial score (nSPS) is 23.0. The van der Waals surface area contributed by atoms with E-state index in [0.717, 1.165) is 25.9 Å². The molecule has 0 bridgehead atoms. The molecule has 0 aliphatic carbocycles. The molecule has 0 unspecified atom stereocenters. The van der Waals surface area contributed by atoms with Crippen molar-refractivity contribution in [3.63, 3.8) is 0 Å². The van der Waals surface area contributed by atoms with Crippen molar-refractivity contribution in [1.82, 2.24) is 16.0 Å². The molecule has 7 heteroatoms. The molecular weight excluding hydrogens is 262 g/mol. The number of piperidine rings is 1. The highest BCUT2D eigenvalue weighted by atomic mass is 16.5. The van der Waals surface area contributed by atoms with E-state index in [1.165, 1.54) is 0 Å². The molecule has 2 amide bonds. The molecule has 0 aromatic heterocycles. The number of carboxylic acids is 1. The van der Waals surface area contributed by atoms with E-state index < -0.39 is 11.4 Å². The minimum atomic E-state index is -0.885. The van der Waals surface area contributed by atoms with Crippen LogP contribution in [0.4, 0.5) is 4.79 Å². The Balaban J connectivity index is 1.79. The Morgan fingerprint density at radius 1 is 1.25 bits per heavy atom. The van der Waals surface area contributed by atoms with Crippen molar-refractivity contribution in [3.05, 3.63) is 0 Å². The van der Waals surface area contributed by atoms with Gasteiger partial charge in [0.1, 0.15) is 0 Å². The highest BCUT2D eigenvalue weighted by Crippen LogP contribution is 2.30. The molecule has 0 atom stereocenters. The van der Waals surface area contributed by atoms with Gasteiger partial charge in [0.15, 0.2) is 0 Å². The summed E-state index contributed by atoms with van der Waals surface area (Å²) in [4.78, 5) is 23.3. The van der Waals surface area contributed by atoms with Gasteiger partial charge in [-0.25, -0.2) is 4.79 Å². The number of hydrogen-bond donors (Lipinski definition) is 4. The smallest absolute Gasteiger partial charge is 0.315 e. The van der Waals surface area contributed by atoms with Gasteiger partial charge < -0.3 is 25.8 Å². The van der Waals surface area contributed by atoms with E-state index in [1.54, 1.807) is 0 Å². The summed E-state index contributed by atoms with van der Waals surface area (Å²) in [6.45, 7) is 2.83. The second kappa shape index (κ2) is 6.90. The first kappa shape index (κ1) is 15.1. The van der Waals surface area contributed by atoms with Crippen molar-refractivity contribution in [1.29, 1.82) is 0 Å². The average molecular weight is 285 g/mol. The topological polar surface area (TPSA) is 99.7 Å². The van der Waals surface area contributed by atoms with Crippen LogP contribution in [0.15, 0.2) is 0 Å². The summed E-state index contributed by atoms with van der Waals surface area (Å²) in [5, 5.41) is 18.2. The molecule has 0 spiro atoms. The second-order valence-corrected chi connectivity index (χ2v) is 5.55. The van der Waals surface area contributed by atoms with Gasteiger partial charge in [-0.3, -0.25) is 4.79 Å². The number of nitrogens with one attached hydrogen (secondary N) is 3. The largest absolute Gasteiger partial charge is 0.481 e. The maximum atomic E-state index is 11.9. The highest BCUT2D eigenvalue weighted by molar-refractivity contribution is 5.78. The fourth-order valence-corrected chi connectivity index (χ4v) is 2.68. The molecule has 20 heavy (non-hydrogen) atoms. The third kappa shape index (κ3) is 3.83. The zero-order valence-corrected chi connectivity index (χ0v) is 11.6. The molecule has 0 radical (unpaired) electrons. The molecule has 7 nitrogen and oxygen atoms in total. The van der Waals surface area contributed by atoms with E-state index in [-0.39, 0.29) is 18.6 Å². The fraction of sp³-hybridized carbons (Fsp3) is 0.846. The van der Waals surface area contributed by atoms with Gasteiger partial charge in [-0.1, -0.05) is 0 Å². The lowest BCUT2D eigenvalue weighted by Gasteiger charge is -2.33. The zero-order valence-electron chi connectivity index (χ0n) is 11.6. The van der Waals surface area contributed by atoms with Crippen LogP contribution in [0.2, 0.25) is 0 Å². The molecule has 0 saturated carbocycles. The number of hydrogen-bond acceptors (Lipinski definition) is 4. The lowest BCUT2D eigenvalue weighted by Crippen LogP contribution is -2.51. The summed E-state index contributed by atoms with van der Waals surface area (Å²) in [6, 6.07) is -0.101. The first-order chi connectivity index (χ1) is 9.62. The summed E-state index contributed by atoms with van der Waals surface area (Å²) >= 11 is 0. The quantitative estimate of drug-likeness (QED) is 0.579. The van der Waals surface area contributed by atoms with Gasteiger partial charge in [0.25, 0.3) is 0 Å². The first-order valence-corrected chi connectivity index (χ1v) is 7.19. The highest BCUT2D eigenvalue weighted by Gasteiger charge is 2.40. The summed E-state index contributed by atoms with van der Waals surface area (Å²) in [5.74, 6) is -0.858. The Bertz CT molecular complexity index is 350. The molecule has 0 aromatic rings.